The molecular formula is C16H19N3O2S2. The highest BCUT2D eigenvalue weighted by Gasteiger charge is 2.40. The van der Waals surface area contributed by atoms with Gasteiger partial charge in [0.25, 0.3) is 11.1 Å². The van der Waals surface area contributed by atoms with Crippen molar-refractivity contribution in [3.05, 3.63) is 28.6 Å². The first kappa shape index (κ1) is 15.1. The van der Waals surface area contributed by atoms with Crippen molar-refractivity contribution in [1.82, 2.24) is 15.2 Å². The van der Waals surface area contributed by atoms with Crippen LogP contribution in [0.1, 0.15) is 29.4 Å². The van der Waals surface area contributed by atoms with Gasteiger partial charge >= 0.3 is 0 Å². The number of thiophene rings is 1. The van der Waals surface area contributed by atoms with E-state index >= 15 is 0 Å². The number of thiazole rings is 1. The van der Waals surface area contributed by atoms with Gasteiger partial charge in [-0.15, -0.1) is 0 Å². The summed E-state index contributed by atoms with van der Waals surface area (Å²) in [7, 11) is 0. The number of nitrogens with one attached hydrogen (secondary N) is 1. The zero-order valence-corrected chi connectivity index (χ0v) is 14.5. The van der Waals surface area contributed by atoms with E-state index in [1.807, 2.05) is 17.5 Å². The Morgan fingerprint density at radius 3 is 2.91 bits per heavy atom. The lowest BCUT2D eigenvalue weighted by atomic mass is 9.79. The molecule has 1 N–H and O–H groups in total. The predicted octanol–water partition coefficient (Wildman–Crippen LogP) is 3.21. The van der Waals surface area contributed by atoms with Crippen LogP contribution in [0, 0.1) is 5.92 Å². The first-order valence-corrected chi connectivity index (χ1v) is 9.62. The average molecular weight is 349 g/mol. The van der Waals surface area contributed by atoms with E-state index in [1.54, 1.807) is 6.20 Å². The number of hydrogen-bond donors (Lipinski definition) is 1. The molecule has 0 radical (unpaired) electrons. The molecule has 5 heterocycles. The van der Waals surface area contributed by atoms with E-state index in [0.29, 0.717) is 27.1 Å². The molecule has 2 unspecified atom stereocenters. The molecule has 0 aliphatic carbocycles. The monoisotopic (exact) mass is 349 g/mol. The van der Waals surface area contributed by atoms with Gasteiger partial charge < -0.3 is 10.1 Å². The molecule has 2 bridgehead atoms. The fourth-order valence-electron chi connectivity index (χ4n) is 3.61. The molecule has 23 heavy (non-hydrogen) atoms. The molecule has 0 aromatic carbocycles. The largest absolute Gasteiger partial charge is 0.420 e. The maximum atomic E-state index is 12.6. The number of aromatic nitrogens is 1. The number of rotatable bonds is 4. The Bertz CT molecular complexity index is 675. The highest BCUT2D eigenvalue weighted by Crippen LogP contribution is 2.33. The van der Waals surface area contributed by atoms with Gasteiger partial charge in [-0.2, -0.15) is 0 Å². The smallest absolute Gasteiger partial charge is 0.279 e. The molecule has 3 aliphatic heterocycles. The first-order valence-electron chi connectivity index (χ1n) is 7.93. The molecule has 3 saturated heterocycles. The summed E-state index contributed by atoms with van der Waals surface area (Å²) in [6.45, 7) is 4.56. The maximum absolute atomic E-state index is 12.6. The topological polar surface area (TPSA) is 54.5 Å². The van der Waals surface area contributed by atoms with Crippen LogP contribution in [-0.2, 0) is 0 Å². The van der Waals surface area contributed by atoms with E-state index in [-0.39, 0.29) is 11.9 Å². The van der Waals surface area contributed by atoms with Crippen LogP contribution in [0.15, 0.2) is 23.7 Å². The zero-order chi connectivity index (χ0) is 15.8. The Morgan fingerprint density at radius 2 is 2.22 bits per heavy atom. The van der Waals surface area contributed by atoms with Crippen LogP contribution in [0.2, 0.25) is 0 Å². The summed E-state index contributed by atoms with van der Waals surface area (Å²) >= 11 is 2.81. The van der Waals surface area contributed by atoms with Crippen LogP contribution in [0.25, 0.3) is 0 Å². The fourth-order valence-corrected chi connectivity index (χ4v) is 4.92. The summed E-state index contributed by atoms with van der Waals surface area (Å²) in [4.78, 5) is 19.8. The van der Waals surface area contributed by atoms with Gasteiger partial charge in [-0.25, -0.2) is 4.98 Å². The minimum atomic E-state index is 0.00888. The molecule has 2 aromatic rings. The second kappa shape index (κ2) is 6.22. The summed E-state index contributed by atoms with van der Waals surface area (Å²) in [5, 5.41) is 6.42. The third-order valence-electron chi connectivity index (χ3n) is 4.88. The van der Waals surface area contributed by atoms with Crippen molar-refractivity contribution in [2.24, 2.45) is 5.92 Å². The van der Waals surface area contributed by atoms with Crippen molar-refractivity contribution in [2.75, 3.05) is 13.1 Å². The van der Waals surface area contributed by atoms with Crippen LogP contribution in [0.5, 0.6) is 10.3 Å². The Morgan fingerprint density at radius 1 is 1.39 bits per heavy atom. The van der Waals surface area contributed by atoms with E-state index in [1.165, 1.54) is 48.6 Å². The van der Waals surface area contributed by atoms with Crippen molar-refractivity contribution < 1.29 is 9.53 Å². The van der Waals surface area contributed by atoms with Gasteiger partial charge in [-0.05, 0) is 50.9 Å². The van der Waals surface area contributed by atoms with E-state index in [2.05, 4.69) is 22.1 Å². The minimum absolute atomic E-state index is 0.00888. The lowest BCUT2D eigenvalue weighted by molar-refractivity contribution is 0.0218. The molecule has 7 heteroatoms. The molecule has 0 spiro atoms. The first-order chi connectivity index (χ1) is 11.2. The zero-order valence-electron chi connectivity index (χ0n) is 12.9. The third-order valence-corrected chi connectivity index (χ3v) is 6.49. The number of nitrogens with zero attached hydrogens (tertiary/aromatic N) is 2. The van der Waals surface area contributed by atoms with E-state index < -0.39 is 0 Å². The standard InChI is InChI=1S/C16H19N3O2S2/c1-10-14(11-4-7-19(10)8-5-11)18-15(20)12-2-3-13(23-12)21-16-17-6-9-22-16/h2-3,6,9-11,14H,4-5,7-8H2,1H3,(H,18,20). The van der Waals surface area contributed by atoms with Gasteiger partial charge in [0.05, 0.1) is 4.88 Å². The van der Waals surface area contributed by atoms with Crippen LogP contribution >= 0.6 is 22.7 Å². The van der Waals surface area contributed by atoms with Gasteiger partial charge in [-0.1, -0.05) is 22.7 Å². The van der Waals surface area contributed by atoms with E-state index in [4.69, 9.17) is 4.74 Å². The number of amides is 1. The lowest BCUT2D eigenvalue weighted by Crippen LogP contribution is -2.62. The van der Waals surface area contributed by atoms with Gasteiger partial charge in [0.1, 0.15) is 0 Å². The summed E-state index contributed by atoms with van der Waals surface area (Å²) < 4.78 is 5.65. The maximum Gasteiger partial charge on any atom is 0.279 e. The second-order valence-electron chi connectivity index (χ2n) is 6.13. The Hall–Kier alpha value is -1.44. The number of piperidine rings is 3. The van der Waals surface area contributed by atoms with Crippen molar-refractivity contribution in [3.8, 4) is 10.3 Å². The van der Waals surface area contributed by atoms with Gasteiger partial charge in [0.2, 0.25) is 0 Å². The molecule has 0 saturated carbocycles. The Kier molecular flexibility index (Phi) is 4.09. The molecule has 2 atom stereocenters. The molecule has 2 aromatic heterocycles. The Labute approximate surface area is 143 Å². The van der Waals surface area contributed by atoms with Gasteiger partial charge in [0.15, 0.2) is 5.06 Å². The lowest BCUT2D eigenvalue weighted by Gasteiger charge is -2.49. The molecule has 1 amide bonds. The molecular weight excluding hydrogens is 330 g/mol. The van der Waals surface area contributed by atoms with Crippen LogP contribution in [-0.4, -0.2) is 41.0 Å². The summed E-state index contributed by atoms with van der Waals surface area (Å²) in [6, 6.07) is 4.35. The van der Waals surface area contributed by atoms with E-state index in [0.717, 1.165) is 0 Å². The van der Waals surface area contributed by atoms with Crippen LogP contribution in [0.3, 0.4) is 0 Å². The summed E-state index contributed by atoms with van der Waals surface area (Å²) in [6.07, 6.45) is 4.09. The predicted molar refractivity (Wildman–Crippen MR) is 91.5 cm³/mol. The van der Waals surface area contributed by atoms with Crippen LogP contribution < -0.4 is 10.1 Å². The number of carbonyl (C=O) groups excluding carboxylic acids is 1. The second-order valence-corrected chi connectivity index (χ2v) is 8.04. The van der Waals surface area contributed by atoms with E-state index in [9.17, 15) is 4.79 Å². The number of ether oxygens (including phenoxy) is 1. The van der Waals surface area contributed by atoms with Crippen molar-refractivity contribution in [2.45, 2.75) is 31.8 Å². The number of carbonyl (C=O) groups is 1. The quantitative estimate of drug-likeness (QED) is 0.921. The molecule has 122 valence electrons. The summed E-state index contributed by atoms with van der Waals surface area (Å²) in [5.74, 6) is 0.625. The number of hydrogen-bond acceptors (Lipinski definition) is 6. The summed E-state index contributed by atoms with van der Waals surface area (Å²) in [5.41, 5.74) is 0. The highest BCUT2D eigenvalue weighted by atomic mass is 32.1. The molecule has 5 rings (SSSR count). The van der Waals surface area contributed by atoms with Gasteiger partial charge in [0, 0.05) is 23.7 Å². The number of fused-ring (bicyclic) bond motifs is 3. The van der Waals surface area contributed by atoms with Crippen molar-refractivity contribution >= 4 is 28.6 Å². The highest BCUT2D eigenvalue weighted by molar-refractivity contribution is 7.16. The normalized spacial score (nSPS) is 29.4. The van der Waals surface area contributed by atoms with Crippen molar-refractivity contribution in [3.63, 3.8) is 0 Å². The van der Waals surface area contributed by atoms with Crippen LogP contribution in [0.4, 0.5) is 0 Å². The average Bonchev–Trinajstić information content (AvgIpc) is 3.23. The Balaban J connectivity index is 1.42. The molecule has 3 fully saturated rings. The SMILES string of the molecule is CC1C(NC(=O)c2ccc(Oc3nccs3)s2)C2CCN1CC2. The minimum Gasteiger partial charge on any atom is -0.420 e. The van der Waals surface area contributed by atoms with Crippen molar-refractivity contribution in [1.29, 1.82) is 0 Å². The molecule has 3 aliphatic rings. The third kappa shape index (κ3) is 3.00. The van der Waals surface area contributed by atoms with Gasteiger partial charge in [-0.3, -0.25) is 9.69 Å². The fraction of sp³-hybridized carbons (Fsp3) is 0.500. The molecule has 5 nitrogen and oxygen atoms in total.